The summed E-state index contributed by atoms with van der Waals surface area (Å²) in [6.07, 6.45) is 19.6. The number of carbonyl (C=O) groups is 1. The fourth-order valence-corrected chi connectivity index (χ4v) is 3.81. The van der Waals surface area contributed by atoms with Crippen LogP contribution in [0.25, 0.3) is 10.9 Å². The van der Waals surface area contributed by atoms with Gasteiger partial charge in [0, 0.05) is 35.1 Å². The molecule has 0 aliphatic heterocycles. The summed E-state index contributed by atoms with van der Waals surface area (Å²) >= 11 is 0. The molecule has 0 radical (unpaired) electrons. The molecule has 1 atom stereocenters. The highest BCUT2D eigenvalue weighted by atomic mass is 19.1. The van der Waals surface area contributed by atoms with E-state index in [0.29, 0.717) is 12.3 Å². The van der Waals surface area contributed by atoms with Crippen molar-refractivity contribution in [2.75, 3.05) is 6.67 Å². The number of benzene rings is 1. The molecular weight excluding hydrogens is 397 g/mol. The van der Waals surface area contributed by atoms with E-state index in [1.165, 1.54) is 17.6 Å². The third-order valence-electron chi connectivity index (χ3n) is 5.32. The third-order valence-corrected chi connectivity index (χ3v) is 5.32. The maximum Gasteiger partial charge on any atom is 0.152 e. The number of allylic oxidation sites excluding steroid dienone is 8. The average Bonchev–Trinajstić information content (AvgIpc) is 3.23. The molecular formula is C29H40FNO. The zero-order valence-corrected chi connectivity index (χ0v) is 20.5. The van der Waals surface area contributed by atoms with Crippen molar-refractivity contribution in [3.8, 4) is 0 Å². The fraction of sp³-hybridized carbons (Fsp3) is 0.414. The molecule has 2 aliphatic carbocycles. The molecule has 1 heterocycles. The van der Waals surface area contributed by atoms with Crippen LogP contribution in [0.15, 0.2) is 78.1 Å². The Morgan fingerprint density at radius 2 is 1.78 bits per heavy atom. The van der Waals surface area contributed by atoms with E-state index in [4.69, 9.17) is 0 Å². The van der Waals surface area contributed by atoms with Crippen LogP contribution in [0.3, 0.4) is 0 Å². The molecule has 0 spiro atoms. The lowest BCUT2D eigenvalue weighted by atomic mass is 9.85. The Bertz CT molecular complexity index is 930. The second-order valence-electron chi connectivity index (χ2n) is 7.29. The van der Waals surface area contributed by atoms with E-state index in [-0.39, 0.29) is 6.67 Å². The van der Waals surface area contributed by atoms with Crippen LogP contribution in [0.1, 0.15) is 70.7 Å². The number of halogens is 1. The summed E-state index contributed by atoms with van der Waals surface area (Å²) in [5.41, 5.74) is 4.72. The Morgan fingerprint density at radius 3 is 2.47 bits per heavy atom. The summed E-state index contributed by atoms with van der Waals surface area (Å²) in [4.78, 5) is 10.9. The number of aryl methyl sites for hydroxylation is 1. The molecule has 3 heteroatoms. The SMILES string of the molecule is CC.CC.CC1=C2C=CC=CC2CC=C1.O=Cc1cn(CCCCCF)c2ccccc12. The standard InChI is InChI=1S/C14H16FNO.C11H12.2C2H6/c15-8-4-1-5-9-16-10-12(11-17)13-6-2-3-7-14(13)16;1-9-5-4-7-10-6-2-3-8-11(9)10;2*1-2/h2-3,6-7,10-11H,1,4-5,8-9H2;2-6,8,10H,7H2,1H3;2*1-2H3. The summed E-state index contributed by atoms with van der Waals surface area (Å²) in [7, 11) is 0. The van der Waals surface area contributed by atoms with Crippen molar-refractivity contribution in [3.63, 3.8) is 0 Å². The molecule has 0 saturated carbocycles. The Morgan fingerprint density at radius 1 is 1.03 bits per heavy atom. The molecule has 0 bridgehead atoms. The smallest absolute Gasteiger partial charge is 0.152 e. The summed E-state index contributed by atoms with van der Waals surface area (Å²) in [5, 5.41) is 0.994. The van der Waals surface area contributed by atoms with Crippen molar-refractivity contribution < 1.29 is 9.18 Å². The molecule has 1 unspecified atom stereocenters. The van der Waals surface area contributed by atoms with Gasteiger partial charge in [-0.05, 0) is 49.8 Å². The normalized spacial score (nSPS) is 15.6. The van der Waals surface area contributed by atoms with Crippen molar-refractivity contribution in [1.82, 2.24) is 4.57 Å². The lowest BCUT2D eigenvalue weighted by molar-refractivity contribution is 0.112. The predicted octanol–water partition coefficient (Wildman–Crippen LogP) is 8.65. The zero-order valence-electron chi connectivity index (χ0n) is 20.5. The highest BCUT2D eigenvalue weighted by Crippen LogP contribution is 2.29. The predicted molar refractivity (Wildman–Crippen MR) is 138 cm³/mol. The van der Waals surface area contributed by atoms with Crippen LogP contribution in [0.2, 0.25) is 0 Å². The van der Waals surface area contributed by atoms with E-state index >= 15 is 0 Å². The van der Waals surface area contributed by atoms with E-state index in [0.717, 1.165) is 42.1 Å². The average molecular weight is 438 g/mol. The van der Waals surface area contributed by atoms with Crippen LogP contribution in [0.5, 0.6) is 0 Å². The van der Waals surface area contributed by atoms with Gasteiger partial charge in [-0.1, -0.05) is 82.4 Å². The monoisotopic (exact) mass is 437 g/mol. The molecule has 0 N–H and O–H groups in total. The number of aromatic nitrogens is 1. The van der Waals surface area contributed by atoms with Crippen LogP contribution in [0, 0.1) is 5.92 Å². The van der Waals surface area contributed by atoms with Crippen LogP contribution in [-0.2, 0) is 6.54 Å². The molecule has 0 saturated heterocycles. The molecule has 2 aromatic rings. The van der Waals surface area contributed by atoms with Gasteiger partial charge in [0.2, 0.25) is 0 Å². The van der Waals surface area contributed by atoms with Gasteiger partial charge < -0.3 is 4.57 Å². The van der Waals surface area contributed by atoms with Crippen molar-refractivity contribution in [2.24, 2.45) is 5.92 Å². The quantitative estimate of drug-likeness (QED) is 0.327. The maximum absolute atomic E-state index is 12.0. The first-order valence-corrected chi connectivity index (χ1v) is 12.1. The van der Waals surface area contributed by atoms with E-state index in [1.54, 1.807) is 0 Å². The Balaban J connectivity index is 0.000000294. The maximum atomic E-state index is 12.0. The van der Waals surface area contributed by atoms with Gasteiger partial charge in [0.05, 0.1) is 6.67 Å². The number of fused-ring (bicyclic) bond motifs is 2. The summed E-state index contributed by atoms with van der Waals surface area (Å²) in [6.45, 7) is 10.8. The van der Waals surface area contributed by atoms with Gasteiger partial charge in [-0.15, -0.1) is 0 Å². The van der Waals surface area contributed by atoms with Crippen molar-refractivity contribution in [1.29, 1.82) is 0 Å². The van der Waals surface area contributed by atoms with E-state index in [2.05, 4.69) is 47.9 Å². The largest absolute Gasteiger partial charge is 0.347 e. The van der Waals surface area contributed by atoms with Crippen LogP contribution in [0.4, 0.5) is 4.39 Å². The number of hydrogen-bond donors (Lipinski definition) is 0. The number of unbranched alkanes of at least 4 members (excludes halogenated alkanes) is 2. The first-order valence-electron chi connectivity index (χ1n) is 12.1. The van der Waals surface area contributed by atoms with Gasteiger partial charge in [0.1, 0.15) is 0 Å². The minimum Gasteiger partial charge on any atom is -0.347 e. The van der Waals surface area contributed by atoms with Crippen molar-refractivity contribution in [2.45, 2.75) is 66.8 Å². The summed E-state index contributed by atoms with van der Waals surface area (Å²) in [6, 6.07) is 7.87. The first-order chi connectivity index (χ1) is 15.7. The van der Waals surface area contributed by atoms with Crippen molar-refractivity contribution >= 4 is 17.2 Å². The number of rotatable bonds is 6. The van der Waals surface area contributed by atoms with E-state index in [9.17, 15) is 9.18 Å². The molecule has 4 rings (SSSR count). The van der Waals surface area contributed by atoms with E-state index < -0.39 is 0 Å². The number of aldehydes is 1. The Labute approximate surface area is 194 Å². The molecule has 1 aromatic heterocycles. The minimum absolute atomic E-state index is 0.244. The number of alkyl halides is 1. The lowest BCUT2D eigenvalue weighted by Crippen LogP contribution is -2.05. The molecule has 32 heavy (non-hydrogen) atoms. The second-order valence-corrected chi connectivity index (χ2v) is 7.29. The van der Waals surface area contributed by atoms with Gasteiger partial charge in [-0.2, -0.15) is 0 Å². The number of hydrogen-bond acceptors (Lipinski definition) is 1. The summed E-state index contributed by atoms with van der Waals surface area (Å²) in [5.74, 6) is 0.657. The summed E-state index contributed by atoms with van der Waals surface area (Å²) < 4.78 is 14.1. The molecule has 1 aromatic carbocycles. The molecule has 2 nitrogen and oxygen atoms in total. The number of carbonyl (C=O) groups excluding carboxylic acids is 1. The fourth-order valence-electron chi connectivity index (χ4n) is 3.81. The highest BCUT2D eigenvalue weighted by Gasteiger charge is 2.14. The Kier molecular flexibility index (Phi) is 13.7. The van der Waals surface area contributed by atoms with Crippen LogP contribution < -0.4 is 0 Å². The van der Waals surface area contributed by atoms with E-state index in [1.807, 2.05) is 58.2 Å². The Hall–Kier alpha value is -2.68. The topological polar surface area (TPSA) is 22.0 Å². The molecule has 0 amide bonds. The zero-order chi connectivity index (χ0) is 23.8. The second kappa shape index (κ2) is 16.0. The van der Waals surface area contributed by atoms with Gasteiger partial charge in [-0.25, -0.2) is 0 Å². The van der Waals surface area contributed by atoms with Crippen molar-refractivity contribution in [3.05, 3.63) is 83.6 Å². The van der Waals surface area contributed by atoms with Gasteiger partial charge >= 0.3 is 0 Å². The van der Waals surface area contributed by atoms with Crippen LogP contribution >= 0.6 is 0 Å². The van der Waals surface area contributed by atoms with Gasteiger partial charge in [-0.3, -0.25) is 9.18 Å². The molecule has 0 fully saturated rings. The lowest BCUT2D eigenvalue weighted by Gasteiger charge is -2.20. The van der Waals surface area contributed by atoms with Gasteiger partial charge in [0.25, 0.3) is 0 Å². The van der Waals surface area contributed by atoms with Gasteiger partial charge in [0.15, 0.2) is 6.29 Å². The molecule has 174 valence electrons. The highest BCUT2D eigenvalue weighted by molar-refractivity contribution is 5.97. The minimum atomic E-state index is -0.244. The third kappa shape index (κ3) is 7.78. The molecule has 2 aliphatic rings. The first kappa shape index (κ1) is 27.4. The number of nitrogens with zero attached hydrogens (tertiary/aromatic N) is 1. The van der Waals surface area contributed by atoms with Crippen LogP contribution in [-0.4, -0.2) is 17.5 Å². The number of para-hydroxylation sites is 1.